The first-order valence-corrected chi connectivity index (χ1v) is 9.07. The van der Waals surface area contributed by atoms with Gasteiger partial charge in [0.25, 0.3) is 5.91 Å². The number of anilines is 1. The lowest BCUT2D eigenvalue weighted by Gasteiger charge is -2.12. The van der Waals surface area contributed by atoms with Crippen LogP contribution >= 0.6 is 11.6 Å². The van der Waals surface area contributed by atoms with Gasteiger partial charge in [-0.15, -0.1) is 0 Å². The zero-order valence-corrected chi connectivity index (χ0v) is 16.1. The smallest absolute Gasteiger partial charge is 0.261 e. The number of benzene rings is 2. The Hall–Kier alpha value is -3.58. The zero-order valence-electron chi connectivity index (χ0n) is 15.3. The normalized spacial score (nSPS) is 10.7. The summed E-state index contributed by atoms with van der Waals surface area (Å²) in [7, 11) is 1.52. The predicted molar refractivity (Wildman–Crippen MR) is 109 cm³/mol. The van der Waals surface area contributed by atoms with Crippen LogP contribution in [0.5, 0.6) is 5.75 Å². The summed E-state index contributed by atoms with van der Waals surface area (Å²) in [5.41, 5.74) is 1.49. The molecule has 146 valence electrons. The highest BCUT2D eigenvalue weighted by Gasteiger charge is 2.20. The largest absolute Gasteiger partial charge is 0.495 e. The van der Waals surface area contributed by atoms with Crippen molar-refractivity contribution >= 4 is 23.2 Å². The molecule has 1 amide bonds. The number of methoxy groups -OCH3 is 1. The van der Waals surface area contributed by atoms with Gasteiger partial charge in [0.15, 0.2) is 5.82 Å². The highest BCUT2D eigenvalue weighted by Crippen LogP contribution is 2.28. The average molecular weight is 411 g/mol. The number of halogens is 2. The predicted octanol–water partition coefficient (Wildman–Crippen LogP) is 4.72. The van der Waals surface area contributed by atoms with Crippen LogP contribution in [0.3, 0.4) is 0 Å². The van der Waals surface area contributed by atoms with Crippen molar-refractivity contribution in [2.24, 2.45) is 0 Å². The second-order valence-electron chi connectivity index (χ2n) is 6.16. The summed E-state index contributed by atoms with van der Waals surface area (Å²) in [5, 5.41) is 7.55. The number of aromatic nitrogens is 3. The fourth-order valence-electron chi connectivity index (χ4n) is 2.94. The number of carbonyl (C=O) groups is 1. The van der Waals surface area contributed by atoms with Gasteiger partial charge in [-0.1, -0.05) is 11.6 Å². The number of ether oxygens (including phenoxy) is 1. The molecular weight excluding hydrogens is 395 g/mol. The molecule has 1 N–H and O–H groups in total. The molecule has 6 nitrogen and oxygen atoms in total. The molecule has 0 bridgehead atoms. The monoisotopic (exact) mass is 410 g/mol. The summed E-state index contributed by atoms with van der Waals surface area (Å²) in [4.78, 5) is 13.0. The average Bonchev–Trinajstić information content (AvgIpc) is 3.38. The first-order chi connectivity index (χ1) is 14.1. The van der Waals surface area contributed by atoms with Gasteiger partial charge in [-0.05, 0) is 54.6 Å². The summed E-state index contributed by atoms with van der Waals surface area (Å²) < 4.78 is 21.8. The van der Waals surface area contributed by atoms with Gasteiger partial charge < -0.3 is 14.6 Å². The van der Waals surface area contributed by atoms with Crippen LogP contribution in [0.25, 0.3) is 11.5 Å². The number of hydrogen-bond donors (Lipinski definition) is 1. The van der Waals surface area contributed by atoms with Crippen LogP contribution in [0.4, 0.5) is 10.1 Å². The third-order valence-corrected chi connectivity index (χ3v) is 4.61. The molecule has 0 saturated heterocycles. The van der Waals surface area contributed by atoms with Crippen LogP contribution in [0.15, 0.2) is 73.2 Å². The number of hydrogen-bond acceptors (Lipinski definition) is 3. The molecular formula is C21H16ClFN4O2. The molecule has 0 unspecified atom stereocenters. The molecule has 0 fully saturated rings. The van der Waals surface area contributed by atoms with Gasteiger partial charge in [-0.3, -0.25) is 4.79 Å². The molecule has 0 atom stereocenters. The van der Waals surface area contributed by atoms with Crippen molar-refractivity contribution in [3.63, 3.8) is 0 Å². The van der Waals surface area contributed by atoms with Crippen molar-refractivity contribution in [3.05, 3.63) is 89.6 Å². The number of rotatable bonds is 5. The van der Waals surface area contributed by atoms with E-state index in [4.69, 9.17) is 16.3 Å². The van der Waals surface area contributed by atoms with Crippen LogP contribution in [0.2, 0.25) is 5.02 Å². The van der Waals surface area contributed by atoms with Crippen molar-refractivity contribution < 1.29 is 13.9 Å². The Kier molecular flexibility index (Phi) is 5.05. The van der Waals surface area contributed by atoms with E-state index < -0.39 is 0 Å². The van der Waals surface area contributed by atoms with Gasteiger partial charge in [-0.2, -0.15) is 5.10 Å². The number of nitrogens with zero attached hydrogens (tertiary/aromatic N) is 3. The summed E-state index contributed by atoms with van der Waals surface area (Å²) in [5.74, 6) is 0.335. The van der Waals surface area contributed by atoms with E-state index in [1.165, 1.54) is 25.4 Å². The Morgan fingerprint density at radius 1 is 1.14 bits per heavy atom. The maximum Gasteiger partial charge on any atom is 0.261 e. The molecule has 8 heteroatoms. The van der Waals surface area contributed by atoms with Crippen molar-refractivity contribution in [1.82, 2.24) is 14.3 Å². The van der Waals surface area contributed by atoms with Crippen molar-refractivity contribution in [3.8, 4) is 17.3 Å². The van der Waals surface area contributed by atoms with E-state index in [9.17, 15) is 9.18 Å². The first-order valence-electron chi connectivity index (χ1n) is 8.69. The summed E-state index contributed by atoms with van der Waals surface area (Å²) in [6.07, 6.45) is 5.08. The Bertz CT molecular complexity index is 1150. The van der Waals surface area contributed by atoms with Crippen LogP contribution in [0, 0.1) is 5.82 Å². The van der Waals surface area contributed by atoms with Gasteiger partial charge in [0, 0.05) is 18.1 Å². The molecule has 0 aliphatic rings. The molecule has 0 aliphatic heterocycles. The molecule has 0 saturated carbocycles. The minimum absolute atomic E-state index is 0.345. The first kappa shape index (κ1) is 18.8. The number of amides is 1. The van der Waals surface area contributed by atoms with Crippen molar-refractivity contribution in [1.29, 1.82) is 0 Å². The quantitative estimate of drug-likeness (QED) is 0.518. The molecule has 2 aromatic carbocycles. The fourth-order valence-corrected chi connectivity index (χ4v) is 3.20. The van der Waals surface area contributed by atoms with E-state index in [-0.39, 0.29) is 11.7 Å². The third kappa shape index (κ3) is 3.72. The summed E-state index contributed by atoms with van der Waals surface area (Å²) in [6, 6.07) is 14.5. The second-order valence-corrected chi connectivity index (χ2v) is 6.57. The highest BCUT2D eigenvalue weighted by molar-refractivity contribution is 6.32. The zero-order chi connectivity index (χ0) is 20.4. The topological polar surface area (TPSA) is 61.1 Å². The van der Waals surface area contributed by atoms with Gasteiger partial charge in [0.1, 0.15) is 17.1 Å². The standard InChI is InChI=1S/C21H16ClFN4O2/c1-29-19-9-6-15(12-18(19)22)25-20(28)17-13-24-27(16-7-4-14(23)5-8-16)21(17)26-10-2-3-11-26/h2-13H,1H3,(H,25,28). The van der Waals surface area contributed by atoms with Crippen molar-refractivity contribution in [2.75, 3.05) is 12.4 Å². The van der Waals surface area contributed by atoms with Gasteiger partial charge in [-0.25, -0.2) is 9.07 Å². The third-order valence-electron chi connectivity index (χ3n) is 4.32. The van der Waals surface area contributed by atoms with Crippen LogP contribution in [-0.4, -0.2) is 27.4 Å². The lowest BCUT2D eigenvalue weighted by atomic mass is 10.2. The minimum Gasteiger partial charge on any atom is -0.495 e. The molecule has 0 spiro atoms. The fraction of sp³-hybridized carbons (Fsp3) is 0.0476. The SMILES string of the molecule is COc1ccc(NC(=O)c2cnn(-c3ccc(F)cc3)c2-n2cccc2)cc1Cl. The molecule has 4 aromatic rings. The number of nitrogens with one attached hydrogen (secondary N) is 1. The van der Waals surface area contributed by atoms with E-state index in [0.717, 1.165) is 0 Å². The Morgan fingerprint density at radius 3 is 2.52 bits per heavy atom. The maximum atomic E-state index is 13.3. The summed E-state index contributed by atoms with van der Waals surface area (Å²) >= 11 is 6.14. The molecule has 0 radical (unpaired) electrons. The van der Waals surface area contributed by atoms with Gasteiger partial charge in [0.2, 0.25) is 0 Å². The molecule has 2 heterocycles. The van der Waals surface area contributed by atoms with Crippen LogP contribution in [0.1, 0.15) is 10.4 Å². The van der Waals surface area contributed by atoms with Gasteiger partial charge in [0.05, 0.1) is 24.0 Å². The van der Waals surface area contributed by atoms with E-state index >= 15 is 0 Å². The van der Waals surface area contributed by atoms with Crippen molar-refractivity contribution in [2.45, 2.75) is 0 Å². The van der Waals surface area contributed by atoms with E-state index in [2.05, 4.69) is 10.4 Å². The van der Waals surface area contributed by atoms with E-state index in [1.54, 1.807) is 52.0 Å². The van der Waals surface area contributed by atoms with Crippen LogP contribution < -0.4 is 10.1 Å². The molecule has 29 heavy (non-hydrogen) atoms. The lowest BCUT2D eigenvalue weighted by molar-refractivity contribution is 0.102. The second kappa shape index (κ2) is 7.81. The molecule has 0 aliphatic carbocycles. The Labute approximate surface area is 171 Å². The molecule has 2 aromatic heterocycles. The van der Waals surface area contributed by atoms with E-state index in [0.29, 0.717) is 33.5 Å². The van der Waals surface area contributed by atoms with Gasteiger partial charge >= 0.3 is 0 Å². The molecule has 4 rings (SSSR count). The van der Waals surface area contributed by atoms with E-state index in [1.807, 2.05) is 12.1 Å². The minimum atomic E-state index is -0.358. The Balaban J connectivity index is 1.73. The number of carbonyl (C=O) groups excluding carboxylic acids is 1. The maximum absolute atomic E-state index is 13.3. The Morgan fingerprint density at radius 2 is 1.86 bits per heavy atom. The highest BCUT2D eigenvalue weighted by atomic mass is 35.5. The summed E-state index contributed by atoms with van der Waals surface area (Å²) in [6.45, 7) is 0. The van der Waals surface area contributed by atoms with Crippen LogP contribution in [-0.2, 0) is 0 Å². The lowest BCUT2D eigenvalue weighted by Crippen LogP contribution is -2.15.